The van der Waals surface area contributed by atoms with Crippen molar-refractivity contribution in [1.29, 1.82) is 0 Å². The van der Waals surface area contributed by atoms with Crippen molar-refractivity contribution >= 4 is 5.91 Å². The van der Waals surface area contributed by atoms with Crippen molar-refractivity contribution in [2.45, 2.75) is 24.8 Å². The average Bonchev–Trinajstić information content (AvgIpc) is 3.29. The van der Waals surface area contributed by atoms with Gasteiger partial charge in [-0.1, -0.05) is 48.5 Å². The van der Waals surface area contributed by atoms with E-state index in [0.29, 0.717) is 6.54 Å². The van der Waals surface area contributed by atoms with Gasteiger partial charge in [-0.15, -0.1) is 0 Å². The Kier molecular flexibility index (Phi) is 3.18. The number of carbonyl (C=O) groups is 1. The normalized spacial score (nSPS) is 15.6. The third-order valence-electron chi connectivity index (χ3n) is 3.94. The van der Waals surface area contributed by atoms with Crippen molar-refractivity contribution in [2.24, 2.45) is 0 Å². The van der Waals surface area contributed by atoms with E-state index in [1.54, 1.807) is 12.1 Å². The topological polar surface area (TPSA) is 49.3 Å². The summed E-state index contributed by atoms with van der Waals surface area (Å²) in [6, 6.07) is 17.0. The van der Waals surface area contributed by atoms with Crippen LogP contribution in [0, 0.1) is 0 Å². The van der Waals surface area contributed by atoms with Gasteiger partial charge in [-0.2, -0.15) is 0 Å². The number of phenols is 1. The molecule has 0 atom stereocenters. The van der Waals surface area contributed by atoms with Gasteiger partial charge < -0.3 is 10.4 Å². The molecule has 2 aromatic carbocycles. The largest absolute Gasteiger partial charge is 0.508 e. The van der Waals surface area contributed by atoms with Crippen LogP contribution in [0.4, 0.5) is 0 Å². The fraction of sp³-hybridized carbons (Fsp3) is 0.235. The van der Waals surface area contributed by atoms with E-state index in [4.69, 9.17) is 0 Å². The highest BCUT2D eigenvalue weighted by Gasteiger charge is 2.50. The number of phenolic OH excluding ortho intramolecular Hbond substituents is 1. The zero-order valence-electron chi connectivity index (χ0n) is 11.2. The van der Waals surface area contributed by atoms with Crippen LogP contribution >= 0.6 is 0 Å². The van der Waals surface area contributed by atoms with Gasteiger partial charge in [0.05, 0.1) is 5.41 Å². The first-order chi connectivity index (χ1) is 9.72. The number of nitrogens with one attached hydrogen (secondary N) is 1. The van der Waals surface area contributed by atoms with Crippen molar-refractivity contribution in [3.05, 3.63) is 65.7 Å². The van der Waals surface area contributed by atoms with Crippen LogP contribution in [0.1, 0.15) is 24.0 Å². The maximum absolute atomic E-state index is 12.4. The summed E-state index contributed by atoms with van der Waals surface area (Å²) in [6.07, 6.45) is 1.78. The van der Waals surface area contributed by atoms with Gasteiger partial charge in [0.1, 0.15) is 5.75 Å². The molecular formula is C17H17NO2. The first-order valence-corrected chi connectivity index (χ1v) is 6.83. The summed E-state index contributed by atoms with van der Waals surface area (Å²) in [4.78, 5) is 12.4. The van der Waals surface area contributed by atoms with E-state index in [0.717, 1.165) is 24.0 Å². The number of benzene rings is 2. The fourth-order valence-corrected chi connectivity index (χ4v) is 2.53. The molecule has 1 fully saturated rings. The summed E-state index contributed by atoms with van der Waals surface area (Å²) in [6.45, 7) is 0.361. The molecule has 20 heavy (non-hydrogen) atoms. The minimum atomic E-state index is -0.355. The van der Waals surface area contributed by atoms with E-state index >= 15 is 0 Å². The van der Waals surface area contributed by atoms with E-state index in [1.807, 2.05) is 42.5 Å². The quantitative estimate of drug-likeness (QED) is 0.895. The summed E-state index contributed by atoms with van der Waals surface area (Å²) < 4.78 is 0. The number of amides is 1. The number of hydrogen-bond donors (Lipinski definition) is 2. The second-order valence-corrected chi connectivity index (χ2v) is 5.26. The molecule has 0 spiro atoms. The highest BCUT2D eigenvalue weighted by atomic mass is 16.3. The number of carbonyl (C=O) groups excluding carboxylic acids is 1. The van der Waals surface area contributed by atoms with Crippen LogP contribution in [0.5, 0.6) is 5.75 Å². The van der Waals surface area contributed by atoms with Crippen LogP contribution in [0.15, 0.2) is 54.6 Å². The standard InChI is InChI=1S/C17H17NO2/c19-15-9-5-4-6-13(15)12-18-16(20)17(10-11-17)14-7-2-1-3-8-14/h1-9,19H,10-12H2,(H,18,20). The molecule has 0 heterocycles. The second-order valence-electron chi connectivity index (χ2n) is 5.26. The number of hydrogen-bond acceptors (Lipinski definition) is 2. The van der Waals surface area contributed by atoms with Gasteiger partial charge in [0.15, 0.2) is 0 Å². The first-order valence-electron chi connectivity index (χ1n) is 6.83. The zero-order chi connectivity index (χ0) is 14.0. The van der Waals surface area contributed by atoms with Gasteiger partial charge in [0, 0.05) is 12.1 Å². The van der Waals surface area contributed by atoms with Gasteiger partial charge in [0.25, 0.3) is 0 Å². The molecule has 1 aliphatic rings. The minimum Gasteiger partial charge on any atom is -0.508 e. The molecule has 0 unspecified atom stereocenters. The van der Waals surface area contributed by atoms with Crippen LogP contribution < -0.4 is 5.32 Å². The molecule has 1 amide bonds. The SMILES string of the molecule is O=C(NCc1ccccc1O)C1(c2ccccc2)CC1. The molecule has 0 aromatic heterocycles. The Bertz CT molecular complexity index is 618. The molecule has 2 aromatic rings. The highest BCUT2D eigenvalue weighted by molar-refractivity contribution is 5.91. The summed E-state index contributed by atoms with van der Waals surface area (Å²) in [5, 5.41) is 12.6. The van der Waals surface area contributed by atoms with Gasteiger partial charge >= 0.3 is 0 Å². The highest BCUT2D eigenvalue weighted by Crippen LogP contribution is 2.48. The molecular weight excluding hydrogens is 250 g/mol. The average molecular weight is 267 g/mol. The predicted molar refractivity (Wildman–Crippen MR) is 77.3 cm³/mol. The Labute approximate surface area is 118 Å². The molecule has 2 N–H and O–H groups in total. The zero-order valence-corrected chi connectivity index (χ0v) is 11.2. The monoisotopic (exact) mass is 267 g/mol. The maximum Gasteiger partial charge on any atom is 0.230 e. The van der Waals surface area contributed by atoms with Gasteiger partial charge in [-0.05, 0) is 24.5 Å². The lowest BCUT2D eigenvalue weighted by atomic mass is 9.95. The Morgan fingerprint density at radius 1 is 1.05 bits per heavy atom. The number of para-hydroxylation sites is 1. The molecule has 1 aliphatic carbocycles. The Balaban J connectivity index is 1.70. The second kappa shape index (κ2) is 5.00. The van der Waals surface area contributed by atoms with Crippen molar-refractivity contribution in [2.75, 3.05) is 0 Å². The molecule has 0 radical (unpaired) electrons. The molecule has 0 saturated heterocycles. The van der Waals surface area contributed by atoms with Crippen molar-refractivity contribution in [3.63, 3.8) is 0 Å². The number of aromatic hydroxyl groups is 1. The van der Waals surface area contributed by atoms with Gasteiger partial charge in [0.2, 0.25) is 5.91 Å². The molecule has 0 bridgehead atoms. The summed E-state index contributed by atoms with van der Waals surface area (Å²) in [5.41, 5.74) is 1.46. The van der Waals surface area contributed by atoms with Gasteiger partial charge in [-0.3, -0.25) is 4.79 Å². The Morgan fingerprint density at radius 2 is 1.70 bits per heavy atom. The van der Waals surface area contributed by atoms with Crippen molar-refractivity contribution < 1.29 is 9.90 Å². The first kappa shape index (κ1) is 12.7. The maximum atomic E-state index is 12.4. The summed E-state index contributed by atoms with van der Waals surface area (Å²) in [7, 11) is 0. The molecule has 0 aliphatic heterocycles. The molecule has 102 valence electrons. The third kappa shape index (κ3) is 2.27. The predicted octanol–water partition coefficient (Wildman–Crippen LogP) is 2.74. The van der Waals surface area contributed by atoms with Crippen molar-refractivity contribution in [3.8, 4) is 5.75 Å². The Morgan fingerprint density at radius 3 is 2.35 bits per heavy atom. The van der Waals surface area contributed by atoms with E-state index < -0.39 is 0 Å². The van der Waals surface area contributed by atoms with E-state index in [-0.39, 0.29) is 17.1 Å². The van der Waals surface area contributed by atoms with Crippen LogP contribution in [0.2, 0.25) is 0 Å². The third-order valence-corrected chi connectivity index (χ3v) is 3.94. The van der Waals surface area contributed by atoms with Gasteiger partial charge in [-0.25, -0.2) is 0 Å². The summed E-state index contributed by atoms with van der Waals surface area (Å²) in [5.74, 6) is 0.268. The lowest BCUT2D eigenvalue weighted by molar-refractivity contribution is -0.123. The van der Waals surface area contributed by atoms with Crippen molar-refractivity contribution in [1.82, 2.24) is 5.32 Å². The van der Waals surface area contributed by atoms with Crippen LogP contribution in [0.3, 0.4) is 0 Å². The van der Waals surface area contributed by atoms with Crippen LogP contribution in [0.25, 0.3) is 0 Å². The van der Waals surface area contributed by atoms with Crippen LogP contribution in [-0.2, 0) is 16.8 Å². The van der Waals surface area contributed by atoms with E-state index in [1.165, 1.54) is 0 Å². The number of rotatable bonds is 4. The molecule has 3 rings (SSSR count). The molecule has 3 heteroatoms. The van der Waals surface area contributed by atoms with E-state index in [9.17, 15) is 9.90 Å². The molecule has 1 saturated carbocycles. The minimum absolute atomic E-state index is 0.0481. The smallest absolute Gasteiger partial charge is 0.230 e. The lowest BCUT2D eigenvalue weighted by Crippen LogP contribution is -2.34. The molecule has 3 nitrogen and oxygen atoms in total. The van der Waals surface area contributed by atoms with E-state index in [2.05, 4.69) is 5.32 Å². The fourth-order valence-electron chi connectivity index (χ4n) is 2.53. The summed E-state index contributed by atoms with van der Waals surface area (Å²) >= 11 is 0. The Hall–Kier alpha value is -2.29. The van der Waals surface area contributed by atoms with Crippen LogP contribution in [-0.4, -0.2) is 11.0 Å². The lowest BCUT2D eigenvalue weighted by Gasteiger charge is -2.16.